The van der Waals surface area contributed by atoms with E-state index in [1.807, 2.05) is 0 Å². The van der Waals surface area contributed by atoms with E-state index in [2.05, 4.69) is 9.71 Å². The van der Waals surface area contributed by atoms with Crippen LogP contribution in [0.15, 0.2) is 16.6 Å². The number of rotatable bonds is 1. The summed E-state index contributed by atoms with van der Waals surface area (Å²) in [6.45, 7) is -0.0165. The van der Waals surface area contributed by atoms with Crippen LogP contribution >= 0.6 is 11.9 Å². The van der Waals surface area contributed by atoms with Gasteiger partial charge in [0.05, 0.1) is 0 Å². The number of hydrogen-bond acceptors (Lipinski definition) is 4. The minimum Gasteiger partial charge on any atom is -0.388 e. The molecule has 0 atom stereocenters. The molecule has 3 nitrogen and oxygen atoms in total. The van der Waals surface area contributed by atoms with Crippen LogP contribution in [0.3, 0.4) is 0 Å². The lowest BCUT2D eigenvalue weighted by atomic mass is 10.6. The van der Waals surface area contributed by atoms with Crippen molar-refractivity contribution < 1.29 is 5.11 Å². The lowest BCUT2D eigenvalue weighted by Gasteiger charge is -2.04. The summed E-state index contributed by atoms with van der Waals surface area (Å²) in [5, 5.41) is 10.3. The third kappa shape index (κ3) is 1.24. The Kier molecular flexibility index (Phi) is 1.93. The second-order valence-electron chi connectivity index (χ2n) is 1.24. The van der Waals surface area contributed by atoms with E-state index in [0.717, 1.165) is 0 Å². The topological polar surface area (TPSA) is 44.6 Å². The number of aliphatic hydroxyl groups is 1. The summed E-state index contributed by atoms with van der Waals surface area (Å²) in [5.74, 6) is 0.609. The van der Waals surface area contributed by atoms with Crippen LogP contribution in [0.2, 0.25) is 0 Å². The van der Waals surface area contributed by atoms with Gasteiger partial charge in [0.2, 0.25) is 0 Å². The van der Waals surface area contributed by atoms with Gasteiger partial charge in [-0.1, -0.05) is 0 Å². The summed E-state index contributed by atoms with van der Waals surface area (Å²) < 4.78 is 2.80. The number of hydrogen-bond donors (Lipinski definition) is 2. The first kappa shape index (κ1) is 5.65. The first-order valence-electron chi connectivity index (χ1n) is 2.17. The summed E-state index contributed by atoms with van der Waals surface area (Å²) in [7, 11) is 0. The van der Waals surface area contributed by atoms with E-state index in [1.165, 1.54) is 11.9 Å². The number of aliphatic hydroxyl groups excluding tert-OH is 1. The Labute approximate surface area is 51.6 Å². The van der Waals surface area contributed by atoms with E-state index in [1.54, 1.807) is 11.6 Å². The van der Waals surface area contributed by atoms with Crippen LogP contribution < -0.4 is 4.72 Å². The molecule has 0 aliphatic carbocycles. The number of nitrogens with zero attached hydrogens (tertiary/aromatic N) is 1. The Morgan fingerprint density at radius 1 is 1.88 bits per heavy atom. The first-order chi connectivity index (χ1) is 3.93. The SMILES string of the molecule is OCC1=NC=CSN1. The van der Waals surface area contributed by atoms with Gasteiger partial charge in [-0.15, -0.1) is 0 Å². The lowest BCUT2D eigenvalue weighted by molar-refractivity contribution is 0.355. The molecule has 0 unspecified atom stereocenters. The van der Waals surface area contributed by atoms with E-state index in [-0.39, 0.29) is 6.61 Å². The molecule has 0 saturated heterocycles. The van der Waals surface area contributed by atoms with Gasteiger partial charge in [0.15, 0.2) is 0 Å². The minimum absolute atomic E-state index is 0.0165. The normalized spacial score (nSPS) is 17.4. The summed E-state index contributed by atoms with van der Waals surface area (Å²) in [6.07, 6.45) is 1.65. The molecule has 0 fully saturated rings. The van der Waals surface area contributed by atoms with Gasteiger partial charge in [-0.2, -0.15) is 0 Å². The average Bonchev–Trinajstić information content (AvgIpc) is 1.90. The zero-order valence-electron chi connectivity index (χ0n) is 4.16. The highest BCUT2D eigenvalue weighted by Gasteiger charge is 1.95. The van der Waals surface area contributed by atoms with Crippen molar-refractivity contribution >= 4 is 17.8 Å². The van der Waals surface area contributed by atoms with Crippen LogP contribution in [0.5, 0.6) is 0 Å². The highest BCUT2D eigenvalue weighted by molar-refractivity contribution is 8.00. The van der Waals surface area contributed by atoms with Crippen LogP contribution in [0.1, 0.15) is 0 Å². The molecule has 1 rings (SSSR count). The quantitative estimate of drug-likeness (QED) is 0.495. The summed E-state index contributed by atoms with van der Waals surface area (Å²) in [6, 6.07) is 0. The molecule has 0 spiro atoms. The molecule has 0 aromatic carbocycles. The smallest absolute Gasteiger partial charge is 0.137 e. The number of nitrogens with one attached hydrogen (secondary N) is 1. The molecule has 2 N–H and O–H groups in total. The van der Waals surface area contributed by atoms with Crippen molar-refractivity contribution in [1.82, 2.24) is 4.72 Å². The van der Waals surface area contributed by atoms with E-state index >= 15 is 0 Å². The van der Waals surface area contributed by atoms with Crippen LogP contribution in [-0.4, -0.2) is 17.5 Å². The Morgan fingerprint density at radius 3 is 3.12 bits per heavy atom. The second-order valence-corrected chi connectivity index (χ2v) is 1.95. The van der Waals surface area contributed by atoms with Crippen LogP contribution in [0.4, 0.5) is 0 Å². The molecule has 0 bridgehead atoms. The number of amidine groups is 1. The van der Waals surface area contributed by atoms with Gasteiger partial charge in [-0.05, 0) is 11.9 Å². The van der Waals surface area contributed by atoms with E-state index in [9.17, 15) is 0 Å². The molecule has 0 saturated carbocycles. The molecule has 0 radical (unpaired) electrons. The molecule has 0 aromatic heterocycles. The molecule has 1 aliphatic heterocycles. The Morgan fingerprint density at radius 2 is 2.75 bits per heavy atom. The van der Waals surface area contributed by atoms with Crippen molar-refractivity contribution in [2.24, 2.45) is 4.99 Å². The van der Waals surface area contributed by atoms with Gasteiger partial charge < -0.3 is 9.83 Å². The average molecular weight is 130 g/mol. The highest BCUT2D eigenvalue weighted by Crippen LogP contribution is 2.00. The zero-order valence-corrected chi connectivity index (χ0v) is 4.98. The summed E-state index contributed by atoms with van der Waals surface area (Å²) in [4.78, 5) is 3.80. The fraction of sp³-hybridized carbons (Fsp3) is 0.250. The van der Waals surface area contributed by atoms with Crippen LogP contribution in [0, 0.1) is 0 Å². The summed E-state index contributed by atoms with van der Waals surface area (Å²) in [5.41, 5.74) is 0. The van der Waals surface area contributed by atoms with Crippen molar-refractivity contribution in [3.05, 3.63) is 11.6 Å². The highest BCUT2D eigenvalue weighted by atomic mass is 32.2. The monoisotopic (exact) mass is 130 g/mol. The third-order valence-electron chi connectivity index (χ3n) is 0.686. The van der Waals surface area contributed by atoms with Crippen molar-refractivity contribution in [2.45, 2.75) is 0 Å². The molecular weight excluding hydrogens is 124 g/mol. The van der Waals surface area contributed by atoms with Crippen LogP contribution in [0.25, 0.3) is 0 Å². The van der Waals surface area contributed by atoms with Gasteiger partial charge in [-0.25, -0.2) is 4.99 Å². The van der Waals surface area contributed by atoms with E-state index in [4.69, 9.17) is 5.11 Å². The first-order valence-corrected chi connectivity index (χ1v) is 3.05. The van der Waals surface area contributed by atoms with Crippen molar-refractivity contribution in [3.8, 4) is 0 Å². The predicted molar refractivity (Wildman–Crippen MR) is 34.4 cm³/mol. The van der Waals surface area contributed by atoms with Crippen LogP contribution in [-0.2, 0) is 0 Å². The Hall–Kier alpha value is -0.480. The van der Waals surface area contributed by atoms with Gasteiger partial charge in [0, 0.05) is 11.6 Å². The molecule has 4 heteroatoms. The fourth-order valence-electron chi connectivity index (χ4n) is 0.352. The van der Waals surface area contributed by atoms with Gasteiger partial charge in [0.1, 0.15) is 12.4 Å². The zero-order chi connectivity index (χ0) is 5.82. The molecular formula is C4H6N2OS. The molecule has 1 heterocycles. The van der Waals surface area contributed by atoms with E-state index < -0.39 is 0 Å². The van der Waals surface area contributed by atoms with Crippen molar-refractivity contribution in [2.75, 3.05) is 6.61 Å². The Bertz CT molecular complexity index is 132. The maximum atomic E-state index is 8.45. The largest absolute Gasteiger partial charge is 0.388 e. The molecule has 1 aliphatic rings. The number of aliphatic imine (C=N–C) groups is 1. The van der Waals surface area contributed by atoms with Gasteiger partial charge in [-0.3, -0.25) is 0 Å². The van der Waals surface area contributed by atoms with Crippen molar-refractivity contribution in [1.29, 1.82) is 0 Å². The molecule has 8 heavy (non-hydrogen) atoms. The van der Waals surface area contributed by atoms with Gasteiger partial charge >= 0.3 is 0 Å². The second kappa shape index (κ2) is 2.74. The fourth-order valence-corrected chi connectivity index (χ4v) is 0.795. The van der Waals surface area contributed by atoms with Gasteiger partial charge in [0.25, 0.3) is 0 Å². The van der Waals surface area contributed by atoms with E-state index in [0.29, 0.717) is 5.84 Å². The summed E-state index contributed by atoms with van der Waals surface area (Å²) >= 11 is 1.41. The maximum absolute atomic E-state index is 8.45. The molecule has 44 valence electrons. The predicted octanol–water partition coefficient (Wildman–Crippen LogP) is 0.0998. The third-order valence-corrected chi connectivity index (χ3v) is 1.30. The standard InChI is InChI=1S/C4H6N2OS/c7-3-4-5-1-2-8-6-4/h1-2,7H,3H2,(H,5,6). The lowest BCUT2D eigenvalue weighted by Crippen LogP contribution is -2.20. The molecule has 0 aromatic rings. The maximum Gasteiger partial charge on any atom is 0.137 e. The molecule has 0 amide bonds. The minimum atomic E-state index is -0.0165. The Balaban J connectivity index is 2.50. The van der Waals surface area contributed by atoms with Crippen molar-refractivity contribution in [3.63, 3.8) is 0 Å².